The first-order valence-corrected chi connectivity index (χ1v) is 11.1. The maximum atomic E-state index is 12.9. The number of rotatable bonds is 5. The Morgan fingerprint density at radius 3 is 2.25 bits per heavy atom. The van der Waals surface area contributed by atoms with Crippen LogP contribution in [0.1, 0.15) is 26.6 Å². The van der Waals surface area contributed by atoms with Crippen LogP contribution >= 0.6 is 11.8 Å². The summed E-state index contributed by atoms with van der Waals surface area (Å²) in [6.45, 7) is 5.85. The van der Waals surface area contributed by atoms with E-state index in [0.717, 1.165) is 22.0 Å². The molecule has 32 heavy (non-hydrogen) atoms. The fourth-order valence-electron chi connectivity index (χ4n) is 3.04. The number of carbonyl (C=O) groups is 1. The van der Waals surface area contributed by atoms with Gasteiger partial charge in [-0.1, -0.05) is 32.5 Å². The Morgan fingerprint density at radius 2 is 1.69 bits per heavy atom. The van der Waals surface area contributed by atoms with Crippen LogP contribution in [0.5, 0.6) is 0 Å². The molecule has 2 heterocycles. The number of thioether (sulfide) groups is 1. The molecule has 1 amide bonds. The number of amides is 1. The van der Waals surface area contributed by atoms with Crippen LogP contribution in [0.25, 0.3) is 11.0 Å². The lowest BCUT2D eigenvalue weighted by molar-refractivity contribution is -0.113. The first-order valence-electron chi connectivity index (χ1n) is 10.1. The lowest BCUT2D eigenvalue weighted by Gasteiger charge is -2.19. The maximum Gasteiger partial charge on any atom is 0.332 e. The van der Waals surface area contributed by atoms with Gasteiger partial charge in [-0.15, -0.1) is 0 Å². The number of benzene rings is 1. The topological polar surface area (TPSA) is 102 Å². The van der Waals surface area contributed by atoms with Gasteiger partial charge in [-0.2, -0.15) is 0 Å². The highest BCUT2D eigenvalue weighted by Crippen LogP contribution is 2.27. The lowest BCUT2D eigenvalue weighted by Crippen LogP contribution is -2.38. The molecule has 1 N–H and O–H groups in total. The molecule has 0 radical (unpaired) electrons. The van der Waals surface area contributed by atoms with Crippen molar-refractivity contribution in [2.75, 3.05) is 30.1 Å². The van der Waals surface area contributed by atoms with Gasteiger partial charge in [0.15, 0.2) is 5.65 Å². The van der Waals surface area contributed by atoms with E-state index >= 15 is 0 Å². The van der Waals surface area contributed by atoms with Crippen molar-refractivity contribution in [3.8, 4) is 0 Å². The fourth-order valence-corrected chi connectivity index (χ4v) is 3.86. The van der Waals surface area contributed by atoms with Gasteiger partial charge in [-0.05, 0) is 24.3 Å². The zero-order valence-corrected chi connectivity index (χ0v) is 20.2. The quantitative estimate of drug-likeness (QED) is 0.463. The second-order valence-electron chi connectivity index (χ2n) is 8.78. The first-order chi connectivity index (χ1) is 14.9. The normalized spacial score (nSPS) is 11.6. The summed E-state index contributed by atoms with van der Waals surface area (Å²) >= 11 is 1.15. The number of aryl methyl sites for hydroxylation is 1. The van der Waals surface area contributed by atoms with Gasteiger partial charge in [0.25, 0.3) is 5.56 Å². The smallest absolute Gasteiger partial charge is 0.332 e. The number of anilines is 2. The molecule has 0 aliphatic heterocycles. The van der Waals surface area contributed by atoms with Gasteiger partial charge in [0, 0.05) is 45.0 Å². The molecule has 0 bridgehead atoms. The van der Waals surface area contributed by atoms with E-state index in [4.69, 9.17) is 0 Å². The third-order valence-corrected chi connectivity index (χ3v) is 5.92. The summed E-state index contributed by atoms with van der Waals surface area (Å²) in [4.78, 5) is 48.9. The third kappa shape index (κ3) is 4.69. The maximum absolute atomic E-state index is 12.9. The highest BCUT2D eigenvalue weighted by molar-refractivity contribution is 8.00. The summed E-state index contributed by atoms with van der Waals surface area (Å²) in [6, 6.07) is 7.50. The largest absolute Gasteiger partial charge is 0.378 e. The number of aromatic nitrogens is 4. The molecule has 0 saturated carbocycles. The standard InChI is InChI=1S/C22H28N6O3S/c1-22(2,3)20-24-17-16(19(30)28(7)21(31)27(17)6)18(25-20)32-12-15(29)23-13-8-10-14(11-9-13)26(4)5/h8-11H,12H2,1-7H3,(H,23,29). The molecule has 0 saturated heterocycles. The molecular weight excluding hydrogens is 428 g/mol. The van der Waals surface area contributed by atoms with E-state index in [-0.39, 0.29) is 22.7 Å². The monoisotopic (exact) mass is 456 g/mol. The van der Waals surface area contributed by atoms with Crippen molar-refractivity contribution in [1.82, 2.24) is 19.1 Å². The van der Waals surface area contributed by atoms with Gasteiger partial charge in [-0.3, -0.25) is 18.7 Å². The molecule has 0 aliphatic carbocycles. The number of hydrogen-bond donors (Lipinski definition) is 1. The lowest BCUT2D eigenvalue weighted by atomic mass is 9.96. The van der Waals surface area contributed by atoms with Crippen LogP contribution < -0.4 is 21.5 Å². The van der Waals surface area contributed by atoms with E-state index < -0.39 is 16.7 Å². The van der Waals surface area contributed by atoms with Crippen LogP contribution in [0.3, 0.4) is 0 Å². The van der Waals surface area contributed by atoms with Gasteiger partial charge >= 0.3 is 5.69 Å². The van der Waals surface area contributed by atoms with E-state index in [1.165, 1.54) is 11.6 Å². The number of fused-ring (bicyclic) bond motifs is 1. The molecule has 9 nitrogen and oxygen atoms in total. The molecule has 2 aromatic heterocycles. The van der Waals surface area contributed by atoms with Crippen molar-refractivity contribution >= 4 is 40.1 Å². The minimum absolute atomic E-state index is 0.0527. The molecule has 0 atom stereocenters. The van der Waals surface area contributed by atoms with E-state index in [1.807, 2.05) is 64.0 Å². The van der Waals surface area contributed by atoms with E-state index in [2.05, 4.69) is 15.3 Å². The molecule has 170 valence electrons. The van der Waals surface area contributed by atoms with Crippen LogP contribution in [0.2, 0.25) is 0 Å². The van der Waals surface area contributed by atoms with Crippen molar-refractivity contribution in [3.63, 3.8) is 0 Å². The second kappa shape index (κ2) is 8.78. The number of carbonyl (C=O) groups excluding carboxylic acids is 1. The van der Waals surface area contributed by atoms with Gasteiger partial charge in [0.1, 0.15) is 16.2 Å². The molecule has 1 aromatic carbocycles. The average Bonchev–Trinajstić information content (AvgIpc) is 2.73. The molecule has 3 aromatic rings. The van der Waals surface area contributed by atoms with Gasteiger partial charge in [-0.25, -0.2) is 14.8 Å². The molecule has 3 rings (SSSR count). The second-order valence-corrected chi connectivity index (χ2v) is 9.75. The molecule has 0 spiro atoms. The number of hydrogen-bond acceptors (Lipinski definition) is 7. The van der Waals surface area contributed by atoms with Crippen LogP contribution in [0.4, 0.5) is 11.4 Å². The summed E-state index contributed by atoms with van der Waals surface area (Å²) in [5.41, 5.74) is 0.627. The summed E-state index contributed by atoms with van der Waals surface area (Å²) in [5, 5.41) is 3.47. The van der Waals surface area contributed by atoms with Crippen molar-refractivity contribution < 1.29 is 4.79 Å². The molecule has 0 aliphatic rings. The predicted molar refractivity (Wildman–Crippen MR) is 129 cm³/mol. The summed E-state index contributed by atoms with van der Waals surface area (Å²) in [7, 11) is 6.88. The Labute approximate surface area is 190 Å². The SMILES string of the molecule is CN(C)c1ccc(NC(=O)CSc2nc(C(C)(C)C)nc3c2c(=O)n(C)c(=O)n3C)cc1. The van der Waals surface area contributed by atoms with Crippen LogP contribution in [0, 0.1) is 0 Å². The van der Waals surface area contributed by atoms with Crippen molar-refractivity contribution in [2.45, 2.75) is 31.2 Å². The Hall–Kier alpha value is -3.14. The Balaban J connectivity index is 1.94. The molecule has 0 fully saturated rings. The summed E-state index contributed by atoms with van der Waals surface area (Å²) in [5.74, 6) is 0.325. The van der Waals surface area contributed by atoms with Crippen LogP contribution in [-0.2, 0) is 24.3 Å². The predicted octanol–water partition coefficient (Wildman–Crippen LogP) is 2.12. The fraction of sp³-hybridized carbons (Fsp3) is 0.409. The van der Waals surface area contributed by atoms with Gasteiger partial charge in [0.2, 0.25) is 5.91 Å². The van der Waals surface area contributed by atoms with Crippen LogP contribution in [0.15, 0.2) is 38.9 Å². The third-order valence-electron chi connectivity index (χ3n) is 4.95. The highest BCUT2D eigenvalue weighted by atomic mass is 32.2. The van der Waals surface area contributed by atoms with Crippen molar-refractivity contribution in [3.05, 3.63) is 50.9 Å². The van der Waals surface area contributed by atoms with E-state index in [0.29, 0.717) is 16.5 Å². The van der Waals surface area contributed by atoms with E-state index in [1.54, 1.807) is 7.05 Å². The average molecular weight is 457 g/mol. The molecule has 0 unspecified atom stereocenters. The molecular formula is C22H28N6O3S. The zero-order valence-electron chi connectivity index (χ0n) is 19.4. The van der Waals surface area contributed by atoms with Gasteiger partial charge < -0.3 is 10.2 Å². The van der Waals surface area contributed by atoms with E-state index in [9.17, 15) is 14.4 Å². The number of nitrogens with one attached hydrogen (secondary N) is 1. The Kier molecular flexibility index (Phi) is 6.45. The van der Waals surface area contributed by atoms with Crippen molar-refractivity contribution in [1.29, 1.82) is 0 Å². The zero-order chi connectivity index (χ0) is 23.8. The van der Waals surface area contributed by atoms with Crippen LogP contribution in [-0.4, -0.2) is 44.9 Å². The summed E-state index contributed by atoms with van der Waals surface area (Å²) < 4.78 is 2.36. The minimum Gasteiger partial charge on any atom is -0.378 e. The molecule has 10 heteroatoms. The van der Waals surface area contributed by atoms with Crippen molar-refractivity contribution in [2.24, 2.45) is 14.1 Å². The minimum atomic E-state index is -0.481. The summed E-state index contributed by atoms with van der Waals surface area (Å²) in [6.07, 6.45) is 0. The Morgan fingerprint density at radius 1 is 1.06 bits per heavy atom. The Bertz CT molecular complexity index is 1290. The highest BCUT2D eigenvalue weighted by Gasteiger charge is 2.24. The first kappa shape index (κ1) is 23.5. The number of nitrogens with zero attached hydrogens (tertiary/aromatic N) is 5. The van der Waals surface area contributed by atoms with Gasteiger partial charge in [0.05, 0.1) is 5.75 Å².